The number of primary amides is 1. The maximum Gasteiger partial charge on any atom is 0.261 e. The number of aryl methyl sites for hydroxylation is 1. The smallest absolute Gasteiger partial charge is 0.261 e. The summed E-state index contributed by atoms with van der Waals surface area (Å²) in [6, 6.07) is 4.11. The molecule has 0 saturated heterocycles. The Bertz CT molecular complexity index is 622. The third kappa shape index (κ3) is 2.09. The number of amides is 2. The van der Waals surface area contributed by atoms with Crippen LogP contribution in [-0.2, 0) is 4.79 Å². The summed E-state index contributed by atoms with van der Waals surface area (Å²) in [4.78, 5) is 26.4. The number of nitrogens with one attached hydrogen (secondary N) is 1. The Morgan fingerprint density at radius 2 is 1.91 bits per heavy atom. The van der Waals surface area contributed by atoms with Gasteiger partial charge in [-0.3, -0.25) is 9.59 Å². The first kappa shape index (κ1) is 14.2. The van der Waals surface area contributed by atoms with Crippen LogP contribution in [0.15, 0.2) is 12.1 Å². The molecule has 1 aromatic rings. The number of hydrogen-bond acceptors (Lipinski definition) is 3. The molecule has 4 aliphatic carbocycles. The van der Waals surface area contributed by atoms with Crippen molar-refractivity contribution in [3.63, 3.8) is 0 Å². The number of carbonyl (C=O) groups is 2. The SMILES string of the molecule is Cc1ccc(C(=O)N[C@H]2C3CC4CC2C[C@](C(N)=O)(C4)C3)s1. The second kappa shape index (κ2) is 4.82. The minimum atomic E-state index is -0.281. The van der Waals surface area contributed by atoms with Crippen LogP contribution in [0.3, 0.4) is 0 Å². The lowest BCUT2D eigenvalue weighted by atomic mass is 9.47. The molecule has 2 amide bonds. The van der Waals surface area contributed by atoms with E-state index in [1.54, 1.807) is 0 Å². The highest BCUT2D eigenvalue weighted by atomic mass is 32.1. The molecular weight excluding hydrogens is 296 g/mol. The van der Waals surface area contributed by atoms with Gasteiger partial charge in [0.05, 0.1) is 4.88 Å². The van der Waals surface area contributed by atoms with Crippen LogP contribution in [-0.4, -0.2) is 17.9 Å². The first-order valence-corrected chi connectivity index (χ1v) is 8.96. The van der Waals surface area contributed by atoms with Gasteiger partial charge in [0.1, 0.15) is 0 Å². The van der Waals surface area contributed by atoms with Crippen LogP contribution in [0, 0.1) is 30.1 Å². The lowest BCUT2D eigenvalue weighted by Crippen LogP contribution is -2.62. The molecule has 3 N–H and O–H groups in total. The van der Waals surface area contributed by atoms with Gasteiger partial charge in [0.2, 0.25) is 5.91 Å². The van der Waals surface area contributed by atoms with Crippen molar-refractivity contribution in [2.24, 2.45) is 28.9 Å². The summed E-state index contributed by atoms with van der Waals surface area (Å²) < 4.78 is 0. The predicted molar refractivity (Wildman–Crippen MR) is 85.5 cm³/mol. The summed E-state index contributed by atoms with van der Waals surface area (Å²) in [7, 11) is 0. The Kier molecular flexibility index (Phi) is 3.12. The Balaban J connectivity index is 1.53. The maximum atomic E-state index is 12.5. The summed E-state index contributed by atoms with van der Waals surface area (Å²) in [5.74, 6) is 1.39. The van der Waals surface area contributed by atoms with Gasteiger partial charge in [-0.05, 0) is 68.9 Å². The van der Waals surface area contributed by atoms with E-state index in [1.807, 2.05) is 19.1 Å². The zero-order chi connectivity index (χ0) is 15.5. The van der Waals surface area contributed by atoms with E-state index >= 15 is 0 Å². The molecule has 2 unspecified atom stereocenters. The summed E-state index contributed by atoms with van der Waals surface area (Å²) >= 11 is 1.54. The van der Waals surface area contributed by atoms with E-state index in [1.165, 1.54) is 11.3 Å². The average Bonchev–Trinajstić information content (AvgIpc) is 2.88. The van der Waals surface area contributed by atoms with Crippen molar-refractivity contribution in [2.45, 2.75) is 45.1 Å². The molecule has 4 bridgehead atoms. The maximum absolute atomic E-state index is 12.5. The van der Waals surface area contributed by atoms with Crippen LogP contribution < -0.4 is 11.1 Å². The van der Waals surface area contributed by atoms with Crippen LogP contribution in [0.4, 0.5) is 0 Å². The molecule has 1 aromatic heterocycles. The molecular formula is C17H22N2O2S. The fraction of sp³-hybridized carbons (Fsp3) is 0.647. The van der Waals surface area contributed by atoms with E-state index in [4.69, 9.17) is 5.73 Å². The van der Waals surface area contributed by atoms with E-state index in [0.29, 0.717) is 17.8 Å². The highest BCUT2D eigenvalue weighted by Crippen LogP contribution is 2.59. The van der Waals surface area contributed by atoms with Crippen molar-refractivity contribution in [1.82, 2.24) is 5.32 Å². The molecule has 0 aromatic carbocycles. The third-order valence-corrected chi connectivity index (χ3v) is 7.06. The van der Waals surface area contributed by atoms with Crippen molar-refractivity contribution in [2.75, 3.05) is 0 Å². The van der Waals surface area contributed by atoms with E-state index in [-0.39, 0.29) is 23.3 Å². The highest BCUT2D eigenvalue weighted by molar-refractivity contribution is 7.13. The molecule has 4 nitrogen and oxygen atoms in total. The number of rotatable bonds is 3. The minimum Gasteiger partial charge on any atom is -0.369 e. The average molecular weight is 318 g/mol. The van der Waals surface area contributed by atoms with Gasteiger partial charge in [0, 0.05) is 16.3 Å². The van der Waals surface area contributed by atoms with Crippen LogP contribution in [0.5, 0.6) is 0 Å². The molecule has 4 fully saturated rings. The molecule has 0 radical (unpaired) electrons. The van der Waals surface area contributed by atoms with Gasteiger partial charge in [-0.2, -0.15) is 0 Å². The minimum absolute atomic E-state index is 0.0451. The van der Waals surface area contributed by atoms with Crippen LogP contribution in [0.25, 0.3) is 0 Å². The second-order valence-corrected chi connectivity index (χ2v) is 8.81. The molecule has 0 aliphatic heterocycles. The topological polar surface area (TPSA) is 72.2 Å². The summed E-state index contributed by atoms with van der Waals surface area (Å²) in [6.45, 7) is 2.01. The molecule has 5 heteroatoms. The molecule has 0 spiro atoms. The fourth-order valence-corrected chi connectivity index (χ4v) is 6.11. The lowest BCUT2D eigenvalue weighted by molar-refractivity contribution is -0.145. The Labute approximate surface area is 134 Å². The van der Waals surface area contributed by atoms with Gasteiger partial charge in [0.15, 0.2) is 0 Å². The fourth-order valence-electron chi connectivity index (χ4n) is 5.34. The molecule has 2 atom stereocenters. The third-order valence-electron chi connectivity index (χ3n) is 6.06. The molecule has 5 rings (SSSR count). The summed E-state index contributed by atoms with van der Waals surface area (Å²) in [5, 5.41) is 3.27. The summed E-state index contributed by atoms with van der Waals surface area (Å²) in [5.41, 5.74) is 5.43. The van der Waals surface area contributed by atoms with Gasteiger partial charge >= 0.3 is 0 Å². The number of nitrogens with two attached hydrogens (primary N) is 1. The van der Waals surface area contributed by atoms with Gasteiger partial charge in [-0.25, -0.2) is 0 Å². The Morgan fingerprint density at radius 1 is 1.23 bits per heavy atom. The highest BCUT2D eigenvalue weighted by Gasteiger charge is 2.58. The number of thiophene rings is 1. The van der Waals surface area contributed by atoms with E-state index < -0.39 is 0 Å². The zero-order valence-corrected chi connectivity index (χ0v) is 13.6. The lowest BCUT2D eigenvalue weighted by Gasteiger charge is -2.58. The molecule has 118 valence electrons. The van der Waals surface area contributed by atoms with E-state index in [9.17, 15) is 9.59 Å². The van der Waals surface area contributed by atoms with E-state index in [0.717, 1.165) is 41.9 Å². The largest absolute Gasteiger partial charge is 0.369 e. The van der Waals surface area contributed by atoms with Crippen molar-refractivity contribution in [1.29, 1.82) is 0 Å². The first-order valence-electron chi connectivity index (χ1n) is 8.14. The standard InChI is InChI=1S/C17H22N2O2S/c1-9-2-3-13(22-9)15(20)19-14-11-4-10-5-12(14)8-17(6-10,7-11)16(18)21/h2-3,10-12,14H,4-8H2,1H3,(H2,18,21)(H,19,20)/t10?,11?,12?,14-,17-. The summed E-state index contributed by atoms with van der Waals surface area (Å²) in [6.07, 6.45) is 4.98. The molecule has 4 aliphatic rings. The molecule has 4 saturated carbocycles. The van der Waals surface area contributed by atoms with E-state index in [2.05, 4.69) is 5.32 Å². The normalized spacial score (nSPS) is 39.0. The Morgan fingerprint density at radius 3 is 2.45 bits per heavy atom. The molecule has 22 heavy (non-hydrogen) atoms. The number of hydrogen-bond donors (Lipinski definition) is 2. The predicted octanol–water partition coefficient (Wildman–Crippen LogP) is 2.47. The zero-order valence-electron chi connectivity index (χ0n) is 12.8. The van der Waals surface area contributed by atoms with Gasteiger partial charge in [-0.1, -0.05) is 0 Å². The monoisotopic (exact) mass is 318 g/mol. The van der Waals surface area contributed by atoms with Crippen molar-refractivity contribution >= 4 is 23.2 Å². The second-order valence-electron chi connectivity index (χ2n) is 7.52. The Hall–Kier alpha value is -1.36. The number of carbonyl (C=O) groups excluding carboxylic acids is 2. The molecule has 1 heterocycles. The van der Waals surface area contributed by atoms with Crippen molar-refractivity contribution < 1.29 is 9.59 Å². The van der Waals surface area contributed by atoms with Gasteiger partial charge < -0.3 is 11.1 Å². The van der Waals surface area contributed by atoms with Crippen LogP contribution >= 0.6 is 11.3 Å². The van der Waals surface area contributed by atoms with Crippen LogP contribution in [0.2, 0.25) is 0 Å². The van der Waals surface area contributed by atoms with Gasteiger partial charge in [-0.15, -0.1) is 11.3 Å². The first-order chi connectivity index (χ1) is 10.5. The van der Waals surface area contributed by atoms with Crippen molar-refractivity contribution in [3.05, 3.63) is 21.9 Å². The van der Waals surface area contributed by atoms with Gasteiger partial charge in [0.25, 0.3) is 5.91 Å². The quantitative estimate of drug-likeness (QED) is 0.898. The van der Waals surface area contributed by atoms with Crippen LogP contribution in [0.1, 0.15) is 46.7 Å². The van der Waals surface area contributed by atoms with Crippen molar-refractivity contribution in [3.8, 4) is 0 Å².